The summed E-state index contributed by atoms with van der Waals surface area (Å²) in [4.78, 5) is 13.2. The first-order valence-corrected chi connectivity index (χ1v) is 3.70. The highest BCUT2D eigenvalue weighted by Gasteiger charge is 1.95. The van der Waals surface area contributed by atoms with Crippen molar-refractivity contribution in [1.82, 2.24) is 4.98 Å². The molecule has 0 aliphatic carbocycles. The van der Waals surface area contributed by atoms with Crippen LogP contribution in [0.3, 0.4) is 0 Å². The monoisotopic (exact) mass is 152 g/mol. The quantitative estimate of drug-likeness (QED) is 0.624. The van der Waals surface area contributed by atoms with Crippen LogP contribution in [0.2, 0.25) is 0 Å². The molecular weight excluding hydrogens is 140 g/mol. The first kappa shape index (κ1) is 8.01. The topological polar surface area (TPSA) is 58.9 Å². The van der Waals surface area contributed by atoms with Gasteiger partial charge in [-0.1, -0.05) is 0 Å². The Morgan fingerprint density at radius 3 is 2.91 bits per heavy atom. The first-order chi connectivity index (χ1) is 5.36. The van der Waals surface area contributed by atoms with Gasteiger partial charge in [0, 0.05) is 5.69 Å². The molecule has 0 saturated heterocycles. The molecule has 1 heterocycles. The van der Waals surface area contributed by atoms with Crippen molar-refractivity contribution in [2.45, 2.75) is 12.8 Å². The second-order valence-electron chi connectivity index (χ2n) is 2.45. The number of aromatic nitrogens is 1. The largest absolute Gasteiger partial charge is 0.356 e. The van der Waals surface area contributed by atoms with Crippen LogP contribution in [0.4, 0.5) is 0 Å². The first-order valence-electron chi connectivity index (χ1n) is 3.70. The summed E-state index contributed by atoms with van der Waals surface area (Å²) >= 11 is 0. The van der Waals surface area contributed by atoms with Gasteiger partial charge in [-0.2, -0.15) is 0 Å². The third-order valence-corrected chi connectivity index (χ3v) is 1.55. The smallest absolute Gasteiger partial charge is 0.166 e. The van der Waals surface area contributed by atoms with E-state index in [1.54, 1.807) is 6.07 Å². The van der Waals surface area contributed by atoms with Crippen molar-refractivity contribution in [2.24, 2.45) is 5.73 Å². The molecule has 0 amide bonds. The number of nitrogens with one attached hydrogen (secondary N) is 1. The Labute approximate surface area is 65.6 Å². The van der Waals surface area contributed by atoms with Crippen LogP contribution >= 0.6 is 0 Å². The summed E-state index contributed by atoms with van der Waals surface area (Å²) in [5.41, 5.74) is 7.05. The van der Waals surface area contributed by atoms with Crippen molar-refractivity contribution in [3.05, 3.63) is 23.5 Å². The normalized spacial score (nSPS) is 9.91. The van der Waals surface area contributed by atoms with Crippen LogP contribution in [0, 0.1) is 0 Å². The van der Waals surface area contributed by atoms with Gasteiger partial charge in [-0.3, -0.25) is 4.79 Å². The number of aryl methyl sites for hydroxylation is 1. The van der Waals surface area contributed by atoms with Gasteiger partial charge in [0.2, 0.25) is 0 Å². The predicted molar refractivity (Wildman–Crippen MR) is 43.6 cm³/mol. The lowest BCUT2D eigenvalue weighted by Gasteiger charge is -1.92. The minimum Gasteiger partial charge on any atom is -0.356 e. The summed E-state index contributed by atoms with van der Waals surface area (Å²) < 4.78 is 0. The third kappa shape index (κ3) is 2.20. The molecule has 0 unspecified atom stereocenters. The molecule has 11 heavy (non-hydrogen) atoms. The highest BCUT2D eigenvalue weighted by atomic mass is 16.1. The van der Waals surface area contributed by atoms with E-state index >= 15 is 0 Å². The molecule has 0 bridgehead atoms. The van der Waals surface area contributed by atoms with E-state index in [9.17, 15) is 4.79 Å². The zero-order valence-electron chi connectivity index (χ0n) is 6.34. The van der Waals surface area contributed by atoms with Crippen LogP contribution in [0.15, 0.2) is 12.1 Å². The van der Waals surface area contributed by atoms with Crippen LogP contribution in [0.5, 0.6) is 0 Å². The number of aldehydes is 1. The highest BCUT2D eigenvalue weighted by molar-refractivity contribution is 5.71. The molecule has 1 rings (SSSR count). The number of nitrogens with two attached hydrogens (primary N) is 1. The lowest BCUT2D eigenvalue weighted by Crippen LogP contribution is -2.00. The van der Waals surface area contributed by atoms with Crippen LogP contribution in [-0.2, 0) is 6.42 Å². The third-order valence-electron chi connectivity index (χ3n) is 1.55. The van der Waals surface area contributed by atoms with Gasteiger partial charge in [-0.25, -0.2) is 0 Å². The van der Waals surface area contributed by atoms with E-state index < -0.39 is 0 Å². The average molecular weight is 152 g/mol. The molecular formula is C8H12N2O. The van der Waals surface area contributed by atoms with E-state index in [1.165, 1.54) is 0 Å². The molecule has 1 aromatic rings. The Hall–Kier alpha value is -1.09. The van der Waals surface area contributed by atoms with E-state index in [4.69, 9.17) is 5.73 Å². The fraction of sp³-hybridized carbons (Fsp3) is 0.375. The summed E-state index contributed by atoms with van der Waals surface area (Å²) in [6.07, 6.45) is 2.69. The zero-order valence-corrected chi connectivity index (χ0v) is 6.34. The van der Waals surface area contributed by atoms with E-state index in [1.807, 2.05) is 6.07 Å². The van der Waals surface area contributed by atoms with Crippen LogP contribution in [-0.4, -0.2) is 17.8 Å². The lowest BCUT2D eigenvalue weighted by molar-refractivity contribution is 0.111. The number of aromatic amines is 1. The average Bonchev–Trinajstić information content (AvgIpc) is 2.48. The van der Waals surface area contributed by atoms with Crippen molar-refractivity contribution in [3.63, 3.8) is 0 Å². The Kier molecular flexibility index (Phi) is 2.86. The fourth-order valence-corrected chi connectivity index (χ4v) is 0.966. The van der Waals surface area contributed by atoms with Crippen molar-refractivity contribution in [1.29, 1.82) is 0 Å². The second-order valence-corrected chi connectivity index (χ2v) is 2.45. The molecule has 3 heteroatoms. The van der Waals surface area contributed by atoms with E-state index in [0.29, 0.717) is 12.2 Å². The minimum atomic E-state index is 0.636. The van der Waals surface area contributed by atoms with Crippen LogP contribution in [0.25, 0.3) is 0 Å². The Bertz CT molecular complexity index is 230. The van der Waals surface area contributed by atoms with Gasteiger partial charge >= 0.3 is 0 Å². The number of carbonyl (C=O) groups is 1. The van der Waals surface area contributed by atoms with Gasteiger partial charge in [-0.05, 0) is 31.5 Å². The standard InChI is InChI=1S/C8H12N2O/c9-5-1-2-7-3-4-8(6-11)10-7/h3-4,6,10H,1-2,5,9H2. The molecule has 0 spiro atoms. The molecule has 0 fully saturated rings. The number of H-pyrrole nitrogens is 1. The van der Waals surface area contributed by atoms with E-state index in [0.717, 1.165) is 24.8 Å². The lowest BCUT2D eigenvalue weighted by atomic mass is 10.2. The number of hydrogen-bond acceptors (Lipinski definition) is 2. The summed E-state index contributed by atoms with van der Waals surface area (Å²) in [6, 6.07) is 3.69. The molecule has 0 aromatic carbocycles. The molecule has 0 aliphatic heterocycles. The van der Waals surface area contributed by atoms with E-state index in [-0.39, 0.29) is 0 Å². The number of rotatable bonds is 4. The van der Waals surface area contributed by atoms with E-state index in [2.05, 4.69) is 4.98 Å². The van der Waals surface area contributed by atoms with Crippen molar-refractivity contribution < 1.29 is 4.79 Å². The van der Waals surface area contributed by atoms with Crippen LogP contribution < -0.4 is 5.73 Å². The van der Waals surface area contributed by atoms with Crippen molar-refractivity contribution in [3.8, 4) is 0 Å². The molecule has 0 atom stereocenters. The fourth-order valence-electron chi connectivity index (χ4n) is 0.966. The summed E-state index contributed by atoms with van der Waals surface area (Å²) in [7, 11) is 0. The molecule has 3 N–H and O–H groups in total. The van der Waals surface area contributed by atoms with Gasteiger partial charge in [0.15, 0.2) is 6.29 Å². The maximum atomic E-state index is 10.2. The van der Waals surface area contributed by atoms with Crippen molar-refractivity contribution >= 4 is 6.29 Å². The van der Waals surface area contributed by atoms with Gasteiger partial charge in [0.1, 0.15) is 0 Å². The highest BCUT2D eigenvalue weighted by Crippen LogP contribution is 2.01. The summed E-state index contributed by atoms with van der Waals surface area (Å²) in [5.74, 6) is 0. The van der Waals surface area contributed by atoms with Gasteiger partial charge < -0.3 is 10.7 Å². The minimum absolute atomic E-state index is 0.636. The zero-order chi connectivity index (χ0) is 8.10. The van der Waals surface area contributed by atoms with Gasteiger partial charge in [0.05, 0.1) is 5.69 Å². The Morgan fingerprint density at radius 1 is 1.55 bits per heavy atom. The second kappa shape index (κ2) is 3.93. The molecule has 1 aromatic heterocycles. The molecule has 0 radical (unpaired) electrons. The molecule has 3 nitrogen and oxygen atoms in total. The molecule has 0 saturated carbocycles. The molecule has 0 aliphatic rings. The Morgan fingerprint density at radius 2 is 2.36 bits per heavy atom. The molecule has 60 valence electrons. The van der Waals surface area contributed by atoms with Gasteiger partial charge in [0.25, 0.3) is 0 Å². The summed E-state index contributed by atoms with van der Waals surface area (Å²) in [6.45, 7) is 0.690. The van der Waals surface area contributed by atoms with Gasteiger partial charge in [-0.15, -0.1) is 0 Å². The number of carbonyl (C=O) groups excluding carboxylic acids is 1. The number of hydrogen-bond donors (Lipinski definition) is 2. The summed E-state index contributed by atoms with van der Waals surface area (Å²) in [5, 5.41) is 0. The maximum absolute atomic E-state index is 10.2. The van der Waals surface area contributed by atoms with Crippen LogP contribution in [0.1, 0.15) is 22.6 Å². The predicted octanol–water partition coefficient (Wildman–Crippen LogP) is 0.718. The maximum Gasteiger partial charge on any atom is 0.166 e. The van der Waals surface area contributed by atoms with Crippen molar-refractivity contribution in [2.75, 3.05) is 6.54 Å². The Balaban J connectivity index is 2.51. The SMILES string of the molecule is NCCCc1ccc(C=O)[nH]1.